The molecule has 1 saturated heterocycles. The van der Waals surface area contributed by atoms with Crippen molar-refractivity contribution in [3.63, 3.8) is 0 Å². The van der Waals surface area contributed by atoms with Crippen LogP contribution in [0.25, 0.3) is 0 Å². The zero-order valence-electron chi connectivity index (χ0n) is 10.2. The number of nitrogens with zero attached hydrogens (tertiary/aromatic N) is 3. The van der Waals surface area contributed by atoms with E-state index in [1.54, 1.807) is 17.4 Å². The summed E-state index contributed by atoms with van der Waals surface area (Å²) in [6, 6.07) is 7.81. The molecule has 19 heavy (non-hydrogen) atoms. The molecule has 3 rings (SSSR count). The van der Waals surface area contributed by atoms with Crippen LogP contribution in [0.15, 0.2) is 35.8 Å². The molecule has 0 aliphatic carbocycles. The zero-order chi connectivity index (χ0) is 13.2. The first kappa shape index (κ1) is 12.1. The van der Waals surface area contributed by atoms with Crippen LogP contribution in [0.2, 0.25) is 0 Å². The van der Waals surface area contributed by atoms with Crippen molar-refractivity contribution in [1.29, 1.82) is 0 Å². The molecule has 3 heterocycles. The molecule has 1 fully saturated rings. The van der Waals surface area contributed by atoms with E-state index < -0.39 is 4.92 Å². The molecule has 0 aromatic carbocycles. The van der Waals surface area contributed by atoms with Crippen molar-refractivity contribution >= 4 is 22.8 Å². The van der Waals surface area contributed by atoms with Crippen molar-refractivity contribution in [2.24, 2.45) is 0 Å². The van der Waals surface area contributed by atoms with Gasteiger partial charge in [0, 0.05) is 17.5 Å². The minimum atomic E-state index is -0.419. The predicted octanol–water partition coefficient (Wildman–Crippen LogP) is 3.39. The van der Waals surface area contributed by atoms with E-state index in [0.29, 0.717) is 6.04 Å². The van der Waals surface area contributed by atoms with Gasteiger partial charge in [-0.05, 0) is 30.4 Å². The van der Waals surface area contributed by atoms with Crippen LogP contribution in [-0.2, 0) is 0 Å². The average molecular weight is 275 g/mol. The fourth-order valence-corrected chi connectivity index (χ4v) is 3.35. The molecule has 5 nitrogen and oxygen atoms in total. The van der Waals surface area contributed by atoms with Crippen molar-refractivity contribution in [3.05, 3.63) is 50.8 Å². The first-order valence-electron chi connectivity index (χ1n) is 6.16. The van der Waals surface area contributed by atoms with Gasteiger partial charge in [0.1, 0.15) is 12.0 Å². The van der Waals surface area contributed by atoms with Gasteiger partial charge >= 0.3 is 0 Å². The van der Waals surface area contributed by atoms with Crippen LogP contribution in [-0.4, -0.2) is 16.5 Å². The van der Waals surface area contributed by atoms with Gasteiger partial charge in [-0.25, -0.2) is 4.98 Å². The van der Waals surface area contributed by atoms with E-state index in [0.717, 1.165) is 25.2 Å². The first-order valence-corrected chi connectivity index (χ1v) is 7.04. The van der Waals surface area contributed by atoms with Crippen molar-refractivity contribution in [3.8, 4) is 0 Å². The highest BCUT2D eigenvalue weighted by atomic mass is 32.1. The highest BCUT2D eigenvalue weighted by Gasteiger charge is 2.27. The highest BCUT2D eigenvalue weighted by Crippen LogP contribution is 2.37. The molecule has 0 amide bonds. The predicted molar refractivity (Wildman–Crippen MR) is 74.5 cm³/mol. The fourth-order valence-electron chi connectivity index (χ4n) is 2.47. The van der Waals surface area contributed by atoms with Crippen LogP contribution in [0.5, 0.6) is 0 Å². The Hall–Kier alpha value is -1.95. The number of aromatic nitrogens is 1. The molecule has 0 saturated carbocycles. The highest BCUT2D eigenvalue weighted by molar-refractivity contribution is 7.10. The van der Waals surface area contributed by atoms with E-state index in [4.69, 9.17) is 0 Å². The van der Waals surface area contributed by atoms with Crippen molar-refractivity contribution in [2.45, 2.75) is 18.9 Å². The third-order valence-electron chi connectivity index (χ3n) is 3.36. The SMILES string of the molecule is O=[N+]([O-])c1ccc(N2CCC[C@@H]2c2cccs2)nc1. The Labute approximate surface area is 114 Å². The molecule has 6 heteroatoms. The van der Waals surface area contributed by atoms with Gasteiger partial charge in [-0.1, -0.05) is 6.07 Å². The number of hydrogen-bond donors (Lipinski definition) is 0. The molecule has 0 unspecified atom stereocenters. The van der Waals surface area contributed by atoms with Crippen LogP contribution < -0.4 is 4.90 Å². The molecule has 2 aromatic rings. The van der Waals surface area contributed by atoms with Crippen molar-refractivity contribution < 1.29 is 4.92 Å². The Balaban J connectivity index is 1.86. The van der Waals surface area contributed by atoms with Gasteiger partial charge in [0.25, 0.3) is 5.69 Å². The summed E-state index contributed by atoms with van der Waals surface area (Å²) in [5.41, 5.74) is 0.0376. The summed E-state index contributed by atoms with van der Waals surface area (Å²) in [6.45, 7) is 0.952. The average Bonchev–Trinajstić information content (AvgIpc) is 3.09. The summed E-state index contributed by atoms with van der Waals surface area (Å²) in [5, 5.41) is 12.7. The molecule has 1 aliphatic heterocycles. The molecular weight excluding hydrogens is 262 g/mol. The second kappa shape index (κ2) is 4.97. The topological polar surface area (TPSA) is 59.3 Å². The number of nitro groups is 1. The fraction of sp³-hybridized carbons (Fsp3) is 0.308. The molecule has 2 aromatic heterocycles. The molecule has 0 spiro atoms. The lowest BCUT2D eigenvalue weighted by molar-refractivity contribution is -0.385. The number of pyridine rings is 1. The summed E-state index contributed by atoms with van der Waals surface area (Å²) in [5.74, 6) is 0.821. The lowest BCUT2D eigenvalue weighted by atomic mass is 10.2. The van der Waals surface area contributed by atoms with Gasteiger partial charge < -0.3 is 4.90 Å². The summed E-state index contributed by atoms with van der Waals surface area (Å²) >= 11 is 1.75. The zero-order valence-corrected chi connectivity index (χ0v) is 11.0. The smallest absolute Gasteiger partial charge is 0.287 e. The quantitative estimate of drug-likeness (QED) is 0.636. The maximum Gasteiger partial charge on any atom is 0.287 e. The van der Waals surface area contributed by atoms with Gasteiger partial charge in [-0.15, -0.1) is 11.3 Å². The number of rotatable bonds is 3. The maximum absolute atomic E-state index is 10.6. The van der Waals surface area contributed by atoms with Gasteiger partial charge in [0.2, 0.25) is 0 Å². The molecule has 0 N–H and O–H groups in total. The van der Waals surface area contributed by atoms with E-state index in [1.165, 1.54) is 17.1 Å². The Bertz CT molecular complexity index is 568. The van der Waals surface area contributed by atoms with Crippen LogP contribution in [0.1, 0.15) is 23.8 Å². The van der Waals surface area contributed by atoms with Gasteiger partial charge in [0.15, 0.2) is 0 Å². The number of anilines is 1. The summed E-state index contributed by atoms with van der Waals surface area (Å²) in [6.07, 6.45) is 3.57. The number of thiophene rings is 1. The first-order chi connectivity index (χ1) is 9.25. The van der Waals surface area contributed by atoms with E-state index in [2.05, 4.69) is 27.4 Å². The minimum absolute atomic E-state index is 0.0376. The van der Waals surface area contributed by atoms with Gasteiger partial charge in [0.05, 0.1) is 11.0 Å². The van der Waals surface area contributed by atoms with E-state index >= 15 is 0 Å². The summed E-state index contributed by atoms with van der Waals surface area (Å²) in [7, 11) is 0. The van der Waals surface area contributed by atoms with E-state index in [9.17, 15) is 10.1 Å². The summed E-state index contributed by atoms with van der Waals surface area (Å²) in [4.78, 5) is 18.0. The second-order valence-electron chi connectivity index (χ2n) is 4.50. The van der Waals surface area contributed by atoms with Crippen molar-refractivity contribution in [1.82, 2.24) is 4.98 Å². The van der Waals surface area contributed by atoms with Crippen LogP contribution >= 0.6 is 11.3 Å². The Morgan fingerprint density at radius 1 is 1.42 bits per heavy atom. The van der Waals surface area contributed by atoms with Crippen LogP contribution in [0.3, 0.4) is 0 Å². The summed E-state index contributed by atoms with van der Waals surface area (Å²) < 4.78 is 0. The third-order valence-corrected chi connectivity index (χ3v) is 4.34. The largest absolute Gasteiger partial charge is 0.349 e. The van der Waals surface area contributed by atoms with Gasteiger partial charge in [-0.3, -0.25) is 10.1 Å². The third kappa shape index (κ3) is 2.31. The van der Waals surface area contributed by atoms with Crippen LogP contribution in [0, 0.1) is 10.1 Å². The Morgan fingerprint density at radius 2 is 2.32 bits per heavy atom. The van der Waals surface area contributed by atoms with Crippen molar-refractivity contribution in [2.75, 3.05) is 11.4 Å². The monoisotopic (exact) mass is 275 g/mol. The molecule has 1 atom stereocenters. The molecule has 1 aliphatic rings. The standard InChI is InChI=1S/C13H13N3O2S/c17-16(18)10-5-6-13(14-9-10)15-7-1-3-11(15)12-4-2-8-19-12/h2,4-6,8-9,11H,1,3,7H2/t11-/m1/s1. The Morgan fingerprint density at radius 3 is 2.95 bits per heavy atom. The maximum atomic E-state index is 10.6. The van der Waals surface area contributed by atoms with E-state index in [-0.39, 0.29) is 5.69 Å². The second-order valence-corrected chi connectivity index (χ2v) is 5.48. The lowest BCUT2D eigenvalue weighted by Crippen LogP contribution is -2.22. The Kier molecular flexibility index (Phi) is 3.16. The molecule has 0 radical (unpaired) electrons. The van der Waals surface area contributed by atoms with Gasteiger partial charge in [-0.2, -0.15) is 0 Å². The van der Waals surface area contributed by atoms with Crippen LogP contribution in [0.4, 0.5) is 11.5 Å². The minimum Gasteiger partial charge on any atom is -0.349 e. The molecule has 0 bridgehead atoms. The molecule has 98 valence electrons. The number of hydrogen-bond acceptors (Lipinski definition) is 5. The lowest BCUT2D eigenvalue weighted by Gasteiger charge is -2.24. The van der Waals surface area contributed by atoms with E-state index in [1.807, 2.05) is 0 Å². The molecular formula is C13H13N3O2S. The normalized spacial score (nSPS) is 18.7.